The summed E-state index contributed by atoms with van der Waals surface area (Å²) in [5.41, 5.74) is -0.899. The van der Waals surface area contributed by atoms with E-state index in [1.54, 1.807) is 4.90 Å². The molecule has 0 aliphatic heterocycles. The second-order valence-electron chi connectivity index (χ2n) is 4.65. The van der Waals surface area contributed by atoms with Gasteiger partial charge in [-0.1, -0.05) is 12.8 Å². The lowest BCUT2D eigenvalue weighted by Crippen LogP contribution is -2.44. The molecule has 5 nitrogen and oxygen atoms in total. The van der Waals surface area contributed by atoms with Gasteiger partial charge < -0.3 is 10.2 Å². The van der Waals surface area contributed by atoms with Crippen LogP contribution in [0.5, 0.6) is 0 Å². The first-order chi connectivity index (χ1) is 8.59. The van der Waals surface area contributed by atoms with Gasteiger partial charge in [0.15, 0.2) is 0 Å². The van der Waals surface area contributed by atoms with Crippen LogP contribution in [-0.2, 0) is 9.59 Å². The number of nitrogens with one attached hydrogen (secondary N) is 1. The topological polar surface area (TPSA) is 73.2 Å². The minimum Gasteiger partial charge on any atom is -0.346 e. The summed E-state index contributed by atoms with van der Waals surface area (Å²) in [5.74, 6) is -0.387. The van der Waals surface area contributed by atoms with Gasteiger partial charge in [-0.15, -0.1) is 0 Å². The van der Waals surface area contributed by atoms with Crippen molar-refractivity contribution in [3.05, 3.63) is 0 Å². The Morgan fingerprint density at radius 3 is 2.28 bits per heavy atom. The van der Waals surface area contributed by atoms with Crippen molar-refractivity contribution in [3.63, 3.8) is 0 Å². The van der Waals surface area contributed by atoms with Crippen molar-refractivity contribution < 1.29 is 9.59 Å². The summed E-state index contributed by atoms with van der Waals surface area (Å²) in [6, 6.07) is 2.12. The SMILES string of the molecule is CCN(CC)C(=O)CNC(=O)C1(C#N)CCCC1. The molecule has 2 amide bonds. The van der Waals surface area contributed by atoms with Gasteiger partial charge in [-0.3, -0.25) is 9.59 Å². The van der Waals surface area contributed by atoms with Crippen LogP contribution < -0.4 is 5.32 Å². The molecule has 1 rings (SSSR count). The zero-order valence-corrected chi connectivity index (χ0v) is 11.2. The number of rotatable bonds is 5. The second-order valence-corrected chi connectivity index (χ2v) is 4.65. The fourth-order valence-electron chi connectivity index (χ4n) is 2.38. The van der Waals surface area contributed by atoms with Gasteiger partial charge in [0.05, 0.1) is 12.6 Å². The van der Waals surface area contributed by atoms with Crippen LogP contribution in [0, 0.1) is 16.7 Å². The number of nitriles is 1. The van der Waals surface area contributed by atoms with E-state index >= 15 is 0 Å². The number of carbonyl (C=O) groups is 2. The maximum absolute atomic E-state index is 12.0. The largest absolute Gasteiger partial charge is 0.346 e. The molecule has 0 aromatic carbocycles. The van der Waals surface area contributed by atoms with Gasteiger partial charge in [0.2, 0.25) is 11.8 Å². The predicted octanol–water partition coefficient (Wildman–Crippen LogP) is 1.05. The summed E-state index contributed by atoms with van der Waals surface area (Å²) < 4.78 is 0. The molecule has 100 valence electrons. The van der Waals surface area contributed by atoms with Gasteiger partial charge >= 0.3 is 0 Å². The summed E-state index contributed by atoms with van der Waals surface area (Å²) in [7, 11) is 0. The average Bonchev–Trinajstić information content (AvgIpc) is 2.87. The fraction of sp³-hybridized carbons (Fsp3) is 0.769. The molecular weight excluding hydrogens is 230 g/mol. The van der Waals surface area contributed by atoms with Crippen molar-refractivity contribution in [2.24, 2.45) is 5.41 Å². The summed E-state index contributed by atoms with van der Waals surface area (Å²) in [4.78, 5) is 25.4. The lowest BCUT2D eigenvalue weighted by Gasteiger charge is -2.22. The summed E-state index contributed by atoms with van der Waals surface area (Å²) in [6.45, 7) is 5.06. The van der Waals surface area contributed by atoms with Gasteiger partial charge in [-0.05, 0) is 26.7 Å². The summed E-state index contributed by atoms with van der Waals surface area (Å²) in [6.07, 6.45) is 3.03. The number of hydrogen-bond donors (Lipinski definition) is 1. The van der Waals surface area contributed by atoms with Crippen molar-refractivity contribution in [2.45, 2.75) is 39.5 Å². The average molecular weight is 251 g/mol. The molecule has 0 heterocycles. The number of hydrogen-bond acceptors (Lipinski definition) is 3. The number of likely N-dealkylation sites (N-methyl/N-ethyl adjacent to an activating group) is 1. The maximum Gasteiger partial charge on any atom is 0.241 e. The Labute approximate surface area is 108 Å². The maximum atomic E-state index is 12.0. The van der Waals surface area contributed by atoms with Gasteiger partial charge in [0, 0.05) is 13.1 Å². The lowest BCUT2D eigenvalue weighted by atomic mass is 9.87. The van der Waals surface area contributed by atoms with Crippen LogP contribution in [0.25, 0.3) is 0 Å². The van der Waals surface area contributed by atoms with E-state index in [2.05, 4.69) is 11.4 Å². The van der Waals surface area contributed by atoms with Crippen LogP contribution in [0.15, 0.2) is 0 Å². The Hall–Kier alpha value is -1.57. The molecule has 0 saturated heterocycles. The summed E-state index contributed by atoms with van der Waals surface area (Å²) in [5, 5.41) is 11.8. The molecule has 1 N–H and O–H groups in total. The molecule has 1 saturated carbocycles. The fourth-order valence-corrected chi connectivity index (χ4v) is 2.38. The lowest BCUT2D eigenvalue weighted by molar-refractivity contribution is -0.134. The zero-order chi connectivity index (χ0) is 13.6. The first-order valence-corrected chi connectivity index (χ1v) is 6.57. The minimum absolute atomic E-state index is 0.00998. The van der Waals surface area contributed by atoms with E-state index < -0.39 is 5.41 Å². The van der Waals surface area contributed by atoms with E-state index in [0.29, 0.717) is 25.9 Å². The van der Waals surface area contributed by atoms with E-state index in [1.165, 1.54) is 0 Å². The van der Waals surface area contributed by atoms with Gasteiger partial charge in [0.25, 0.3) is 0 Å². The summed E-state index contributed by atoms with van der Waals surface area (Å²) >= 11 is 0. The van der Waals surface area contributed by atoms with E-state index in [4.69, 9.17) is 5.26 Å². The number of nitrogens with zero attached hydrogens (tertiary/aromatic N) is 2. The van der Waals surface area contributed by atoms with E-state index in [-0.39, 0.29) is 18.4 Å². The Balaban J connectivity index is 2.51. The third-order valence-corrected chi connectivity index (χ3v) is 3.62. The smallest absolute Gasteiger partial charge is 0.241 e. The van der Waals surface area contributed by atoms with Crippen LogP contribution in [0.1, 0.15) is 39.5 Å². The molecular formula is C13H21N3O2. The van der Waals surface area contributed by atoms with Gasteiger partial charge in [-0.25, -0.2) is 0 Å². The third-order valence-electron chi connectivity index (χ3n) is 3.62. The third kappa shape index (κ3) is 3.00. The number of amides is 2. The first-order valence-electron chi connectivity index (χ1n) is 6.57. The molecule has 0 atom stereocenters. The van der Waals surface area contributed by atoms with Gasteiger partial charge in [0.1, 0.15) is 5.41 Å². The standard InChI is InChI=1S/C13H21N3O2/c1-3-16(4-2)11(17)9-15-12(18)13(10-14)7-5-6-8-13/h3-9H2,1-2H3,(H,15,18). The van der Waals surface area contributed by atoms with E-state index in [9.17, 15) is 9.59 Å². The Morgan fingerprint density at radius 1 is 1.28 bits per heavy atom. The van der Waals surface area contributed by atoms with Crippen molar-refractivity contribution >= 4 is 11.8 Å². The van der Waals surface area contributed by atoms with Gasteiger partial charge in [-0.2, -0.15) is 5.26 Å². The molecule has 5 heteroatoms. The molecule has 1 fully saturated rings. The molecule has 0 spiro atoms. The molecule has 0 bridgehead atoms. The van der Waals surface area contributed by atoms with Crippen molar-refractivity contribution in [1.29, 1.82) is 5.26 Å². The van der Waals surface area contributed by atoms with Crippen LogP contribution in [0.4, 0.5) is 0 Å². The highest BCUT2D eigenvalue weighted by Crippen LogP contribution is 2.37. The molecule has 0 aromatic rings. The minimum atomic E-state index is -0.899. The van der Waals surface area contributed by atoms with Crippen LogP contribution in [-0.4, -0.2) is 36.3 Å². The second kappa shape index (κ2) is 6.39. The highest BCUT2D eigenvalue weighted by Gasteiger charge is 2.41. The molecule has 0 unspecified atom stereocenters. The van der Waals surface area contributed by atoms with Crippen molar-refractivity contribution in [3.8, 4) is 6.07 Å². The molecule has 1 aliphatic rings. The first kappa shape index (κ1) is 14.5. The normalized spacial score (nSPS) is 16.9. The molecule has 18 heavy (non-hydrogen) atoms. The Morgan fingerprint density at radius 2 is 1.83 bits per heavy atom. The highest BCUT2D eigenvalue weighted by atomic mass is 16.2. The van der Waals surface area contributed by atoms with Crippen LogP contribution in [0.2, 0.25) is 0 Å². The zero-order valence-electron chi connectivity index (χ0n) is 11.2. The molecule has 1 aliphatic carbocycles. The molecule has 0 radical (unpaired) electrons. The number of carbonyl (C=O) groups excluding carboxylic acids is 2. The van der Waals surface area contributed by atoms with E-state index in [0.717, 1.165) is 12.8 Å². The Kier molecular flexibility index (Phi) is 5.14. The predicted molar refractivity (Wildman–Crippen MR) is 67.5 cm³/mol. The van der Waals surface area contributed by atoms with Crippen molar-refractivity contribution in [2.75, 3.05) is 19.6 Å². The van der Waals surface area contributed by atoms with Crippen molar-refractivity contribution in [1.82, 2.24) is 10.2 Å². The Bertz CT molecular complexity index is 350. The quantitative estimate of drug-likeness (QED) is 0.794. The van der Waals surface area contributed by atoms with Crippen LogP contribution in [0.3, 0.4) is 0 Å². The van der Waals surface area contributed by atoms with E-state index in [1.807, 2.05) is 13.8 Å². The molecule has 0 aromatic heterocycles. The van der Waals surface area contributed by atoms with Crippen LogP contribution >= 0.6 is 0 Å². The monoisotopic (exact) mass is 251 g/mol. The highest BCUT2D eigenvalue weighted by molar-refractivity contribution is 5.89.